The molecule has 0 aliphatic carbocycles. The van der Waals surface area contributed by atoms with Crippen LogP contribution in [-0.4, -0.2) is 23.5 Å². The molecule has 1 rings (SSSR count). The van der Waals surface area contributed by atoms with Crippen molar-refractivity contribution in [3.63, 3.8) is 0 Å². The quantitative estimate of drug-likeness (QED) is 0.734. The molecule has 3 nitrogen and oxygen atoms in total. The van der Waals surface area contributed by atoms with Crippen LogP contribution in [0.4, 0.5) is 0 Å². The lowest BCUT2D eigenvalue weighted by atomic mass is 10.2. The second kappa shape index (κ2) is 4.95. The summed E-state index contributed by atoms with van der Waals surface area (Å²) in [6, 6.07) is 2.22. The van der Waals surface area contributed by atoms with Gasteiger partial charge in [0.25, 0.3) is 0 Å². The van der Waals surface area contributed by atoms with Crippen molar-refractivity contribution < 1.29 is 0 Å². The summed E-state index contributed by atoms with van der Waals surface area (Å²) >= 11 is 1.65. The molecule has 1 aromatic rings. The molecule has 0 saturated heterocycles. The highest BCUT2D eigenvalue weighted by Gasteiger charge is 2.06. The molecule has 0 N–H and O–H groups in total. The number of nitrogens with zero attached hydrogens (tertiary/aromatic N) is 3. The number of hydrogen-bond donors (Lipinski definition) is 0. The summed E-state index contributed by atoms with van der Waals surface area (Å²) < 4.78 is 0. The van der Waals surface area contributed by atoms with E-state index in [0.29, 0.717) is 0 Å². The van der Waals surface area contributed by atoms with E-state index in [1.54, 1.807) is 11.3 Å². The van der Waals surface area contributed by atoms with E-state index in [0.717, 1.165) is 18.1 Å². The highest BCUT2D eigenvalue weighted by Crippen LogP contribution is 2.07. The van der Waals surface area contributed by atoms with E-state index in [9.17, 15) is 0 Å². The molecule has 0 fully saturated rings. The van der Waals surface area contributed by atoms with Gasteiger partial charge in [-0.25, -0.2) is 4.98 Å². The Labute approximate surface area is 82.6 Å². The van der Waals surface area contributed by atoms with Crippen molar-refractivity contribution in [3.8, 4) is 6.07 Å². The maximum Gasteiger partial charge on any atom is 0.107 e. The standard InChI is InChI=1S/C9H13N3S/c1-8(5-10)6-12(2)7-9-11-3-4-13-9/h3-4,8H,6-7H2,1-2H3. The summed E-state index contributed by atoms with van der Waals surface area (Å²) in [5.41, 5.74) is 0. The molecule has 0 spiro atoms. The molecule has 0 bridgehead atoms. The van der Waals surface area contributed by atoms with Crippen LogP contribution < -0.4 is 0 Å². The van der Waals surface area contributed by atoms with Gasteiger partial charge >= 0.3 is 0 Å². The number of thiazole rings is 1. The van der Waals surface area contributed by atoms with E-state index in [2.05, 4.69) is 16.0 Å². The van der Waals surface area contributed by atoms with Gasteiger partial charge in [0.15, 0.2) is 0 Å². The number of hydrogen-bond acceptors (Lipinski definition) is 4. The molecule has 0 saturated carbocycles. The maximum atomic E-state index is 8.62. The van der Waals surface area contributed by atoms with Gasteiger partial charge in [0.1, 0.15) is 5.01 Å². The fraction of sp³-hybridized carbons (Fsp3) is 0.556. The van der Waals surface area contributed by atoms with Gasteiger partial charge in [-0.1, -0.05) is 0 Å². The van der Waals surface area contributed by atoms with Gasteiger partial charge in [0.2, 0.25) is 0 Å². The highest BCUT2D eigenvalue weighted by atomic mass is 32.1. The molecule has 70 valence electrons. The summed E-state index contributed by atoms with van der Waals surface area (Å²) in [4.78, 5) is 6.30. The third-order valence-electron chi connectivity index (χ3n) is 1.69. The lowest BCUT2D eigenvalue weighted by Gasteiger charge is -2.15. The predicted molar refractivity (Wildman–Crippen MR) is 53.2 cm³/mol. The Balaban J connectivity index is 2.34. The molecule has 0 amide bonds. The van der Waals surface area contributed by atoms with Crippen LogP contribution >= 0.6 is 11.3 Å². The maximum absolute atomic E-state index is 8.62. The number of rotatable bonds is 4. The van der Waals surface area contributed by atoms with Gasteiger partial charge in [-0.2, -0.15) is 5.26 Å². The minimum Gasteiger partial charge on any atom is -0.298 e. The molecular formula is C9H13N3S. The average molecular weight is 195 g/mol. The van der Waals surface area contributed by atoms with E-state index in [4.69, 9.17) is 5.26 Å². The average Bonchev–Trinajstić information content (AvgIpc) is 2.56. The van der Waals surface area contributed by atoms with E-state index in [-0.39, 0.29) is 5.92 Å². The van der Waals surface area contributed by atoms with Crippen LogP contribution in [0.2, 0.25) is 0 Å². The lowest BCUT2D eigenvalue weighted by Crippen LogP contribution is -2.23. The van der Waals surface area contributed by atoms with E-state index in [1.165, 1.54) is 0 Å². The van der Waals surface area contributed by atoms with Crippen molar-refractivity contribution in [1.82, 2.24) is 9.88 Å². The fourth-order valence-electron chi connectivity index (χ4n) is 1.13. The highest BCUT2D eigenvalue weighted by molar-refractivity contribution is 7.09. The smallest absolute Gasteiger partial charge is 0.107 e. The van der Waals surface area contributed by atoms with Gasteiger partial charge in [0.05, 0.1) is 18.5 Å². The topological polar surface area (TPSA) is 39.9 Å². The lowest BCUT2D eigenvalue weighted by molar-refractivity contribution is 0.302. The second-order valence-corrected chi connectivity index (χ2v) is 4.13. The van der Waals surface area contributed by atoms with Crippen LogP contribution in [0, 0.1) is 17.2 Å². The Morgan fingerprint density at radius 2 is 2.54 bits per heavy atom. The Kier molecular flexibility index (Phi) is 3.87. The zero-order valence-electron chi connectivity index (χ0n) is 7.90. The summed E-state index contributed by atoms with van der Waals surface area (Å²) in [6.45, 7) is 3.57. The van der Waals surface area contributed by atoms with Crippen LogP contribution in [0.1, 0.15) is 11.9 Å². The molecule has 1 atom stereocenters. The first-order chi connectivity index (χ1) is 6.22. The molecule has 1 unspecified atom stereocenters. The predicted octanol–water partition coefficient (Wildman–Crippen LogP) is 1.73. The van der Waals surface area contributed by atoms with Gasteiger partial charge in [-0.05, 0) is 14.0 Å². The largest absolute Gasteiger partial charge is 0.298 e. The molecule has 0 aliphatic rings. The Hall–Kier alpha value is -0.920. The summed E-state index contributed by atoms with van der Waals surface area (Å²) in [7, 11) is 2.01. The molecule has 0 radical (unpaired) electrons. The Morgan fingerprint density at radius 3 is 3.08 bits per heavy atom. The minimum absolute atomic E-state index is 0.0879. The first kappa shape index (κ1) is 10.2. The zero-order chi connectivity index (χ0) is 9.68. The van der Waals surface area contributed by atoms with Crippen molar-refractivity contribution in [2.24, 2.45) is 5.92 Å². The van der Waals surface area contributed by atoms with Gasteiger partial charge in [-0.15, -0.1) is 11.3 Å². The van der Waals surface area contributed by atoms with Crippen molar-refractivity contribution in [2.75, 3.05) is 13.6 Å². The summed E-state index contributed by atoms with van der Waals surface area (Å²) in [5, 5.41) is 11.7. The van der Waals surface area contributed by atoms with Crippen LogP contribution in [-0.2, 0) is 6.54 Å². The third-order valence-corrected chi connectivity index (χ3v) is 2.46. The van der Waals surface area contributed by atoms with E-state index >= 15 is 0 Å². The van der Waals surface area contributed by atoms with Gasteiger partial charge < -0.3 is 0 Å². The summed E-state index contributed by atoms with van der Waals surface area (Å²) in [6.07, 6.45) is 1.81. The van der Waals surface area contributed by atoms with Crippen molar-refractivity contribution in [3.05, 3.63) is 16.6 Å². The van der Waals surface area contributed by atoms with E-state index < -0.39 is 0 Å². The molecule has 0 aliphatic heterocycles. The molecule has 1 aromatic heterocycles. The minimum atomic E-state index is 0.0879. The number of aromatic nitrogens is 1. The van der Waals surface area contributed by atoms with Crippen molar-refractivity contribution in [1.29, 1.82) is 5.26 Å². The SMILES string of the molecule is CC(C#N)CN(C)Cc1nccs1. The van der Waals surface area contributed by atoms with Crippen molar-refractivity contribution in [2.45, 2.75) is 13.5 Å². The van der Waals surface area contributed by atoms with Crippen molar-refractivity contribution >= 4 is 11.3 Å². The molecular weight excluding hydrogens is 182 g/mol. The molecule has 0 aromatic carbocycles. The van der Waals surface area contributed by atoms with Crippen LogP contribution in [0.3, 0.4) is 0 Å². The number of nitriles is 1. The van der Waals surface area contributed by atoms with Crippen LogP contribution in [0.5, 0.6) is 0 Å². The molecule has 13 heavy (non-hydrogen) atoms. The van der Waals surface area contributed by atoms with Crippen LogP contribution in [0.15, 0.2) is 11.6 Å². The van der Waals surface area contributed by atoms with Crippen LogP contribution in [0.25, 0.3) is 0 Å². The Morgan fingerprint density at radius 1 is 1.77 bits per heavy atom. The third kappa shape index (κ3) is 3.53. The molecule has 1 heterocycles. The second-order valence-electron chi connectivity index (χ2n) is 3.15. The first-order valence-corrected chi connectivity index (χ1v) is 5.07. The zero-order valence-corrected chi connectivity index (χ0v) is 8.71. The fourth-order valence-corrected chi connectivity index (χ4v) is 1.83. The normalized spacial score (nSPS) is 12.8. The monoisotopic (exact) mass is 195 g/mol. The van der Waals surface area contributed by atoms with Gasteiger partial charge in [0, 0.05) is 18.1 Å². The Bertz CT molecular complexity index is 276. The molecule has 4 heteroatoms. The first-order valence-electron chi connectivity index (χ1n) is 4.19. The van der Waals surface area contributed by atoms with Gasteiger partial charge in [-0.3, -0.25) is 4.90 Å². The summed E-state index contributed by atoms with van der Waals surface area (Å²) in [5.74, 6) is 0.0879. The van der Waals surface area contributed by atoms with E-state index in [1.807, 2.05) is 25.5 Å².